The van der Waals surface area contributed by atoms with E-state index in [4.69, 9.17) is 14.7 Å². The molecule has 4 aromatic rings. The van der Waals surface area contributed by atoms with Crippen LogP contribution in [0.1, 0.15) is 56.8 Å². The third-order valence-electron chi connectivity index (χ3n) is 6.92. The number of amides is 2. The van der Waals surface area contributed by atoms with Gasteiger partial charge < -0.3 is 20.3 Å². The van der Waals surface area contributed by atoms with Crippen molar-refractivity contribution in [2.75, 3.05) is 42.1 Å². The molecule has 2 aromatic carbocycles. The fraction of sp³-hybridized carbons (Fsp3) is 0.375. The number of nitrogens with one attached hydrogen (secondary N) is 3. The second-order valence-corrected chi connectivity index (χ2v) is 12.3. The normalized spacial score (nSPS) is 14.0. The Labute approximate surface area is 250 Å². The van der Waals surface area contributed by atoms with Crippen LogP contribution in [0, 0.1) is 0 Å². The van der Waals surface area contributed by atoms with Crippen LogP contribution < -0.4 is 16.0 Å². The molecule has 220 valence electrons. The fourth-order valence-electron chi connectivity index (χ4n) is 4.91. The van der Waals surface area contributed by atoms with Gasteiger partial charge in [-0.25, -0.2) is 14.8 Å². The van der Waals surface area contributed by atoms with E-state index in [-0.39, 0.29) is 5.91 Å². The van der Waals surface area contributed by atoms with Crippen LogP contribution in [-0.2, 0) is 4.74 Å². The van der Waals surface area contributed by atoms with E-state index < -0.39 is 11.7 Å². The number of piperidine rings is 1. The minimum Gasteiger partial charge on any atom is -0.444 e. The van der Waals surface area contributed by atoms with Crippen LogP contribution in [-0.4, -0.2) is 58.6 Å². The molecular weight excluding hydrogens is 548 g/mol. The maximum Gasteiger partial charge on any atom is 0.412 e. The number of thiophene rings is 1. The number of benzene rings is 2. The molecule has 10 heteroatoms. The van der Waals surface area contributed by atoms with E-state index in [0.29, 0.717) is 22.9 Å². The number of likely N-dealkylation sites (tertiary alicyclic amines) is 1. The van der Waals surface area contributed by atoms with Gasteiger partial charge in [-0.05, 0) is 95.4 Å². The quantitative estimate of drug-likeness (QED) is 0.177. The largest absolute Gasteiger partial charge is 0.444 e. The lowest BCUT2D eigenvalue weighted by atomic mass is 10.1. The van der Waals surface area contributed by atoms with Crippen molar-refractivity contribution < 1.29 is 14.3 Å². The zero-order valence-corrected chi connectivity index (χ0v) is 25.2. The highest BCUT2D eigenvalue weighted by atomic mass is 32.1. The average molecular weight is 587 g/mol. The van der Waals surface area contributed by atoms with Crippen molar-refractivity contribution in [2.45, 2.75) is 52.1 Å². The third-order valence-corrected chi connectivity index (χ3v) is 7.83. The van der Waals surface area contributed by atoms with Gasteiger partial charge in [-0.1, -0.05) is 30.7 Å². The molecule has 2 amide bonds. The van der Waals surface area contributed by atoms with Crippen LogP contribution in [0.15, 0.2) is 60.0 Å². The molecule has 0 radical (unpaired) electrons. The van der Waals surface area contributed by atoms with Crippen molar-refractivity contribution in [1.29, 1.82) is 0 Å². The average Bonchev–Trinajstić information content (AvgIpc) is 3.44. The van der Waals surface area contributed by atoms with Crippen LogP contribution in [0.4, 0.5) is 22.1 Å². The number of hydrogen-bond acceptors (Lipinski definition) is 8. The van der Waals surface area contributed by atoms with Gasteiger partial charge in [-0.15, -0.1) is 11.3 Å². The molecule has 0 unspecified atom stereocenters. The number of anilines is 3. The molecule has 0 saturated carbocycles. The summed E-state index contributed by atoms with van der Waals surface area (Å²) in [4.78, 5) is 37.5. The lowest BCUT2D eigenvalue weighted by molar-refractivity contribution is 0.0635. The number of rotatable bonds is 9. The van der Waals surface area contributed by atoms with Crippen LogP contribution >= 0.6 is 11.3 Å². The number of para-hydroxylation sites is 2. The summed E-state index contributed by atoms with van der Waals surface area (Å²) in [5.41, 5.74) is 3.43. The summed E-state index contributed by atoms with van der Waals surface area (Å²) in [7, 11) is 0. The Balaban J connectivity index is 1.25. The van der Waals surface area contributed by atoms with E-state index >= 15 is 0 Å². The Bertz CT molecular complexity index is 1520. The molecular formula is C32H38N6O3S. The zero-order chi connectivity index (χ0) is 29.5. The highest BCUT2D eigenvalue weighted by molar-refractivity contribution is 7.17. The van der Waals surface area contributed by atoms with Crippen molar-refractivity contribution >= 4 is 50.9 Å². The Kier molecular flexibility index (Phi) is 9.34. The summed E-state index contributed by atoms with van der Waals surface area (Å²) in [6.07, 6.45) is 4.40. The number of ether oxygens (including phenoxy) is 1. The van der Waals surface area contributed by atoms with Gasteiger partial charge >= 0.3 is 6.09 Å². The molecule has 0 aliphatic carbocycles. The molecule has 3 N–H and O–H groups in total. The highest BCUT2D eigenvalue weighted by Gasteiger charge is 2.18. The molecule has 3 heterocycles. The number of hydrogen-bond donors (Lipinski definition) is 3. The van der Waals surface area contributed by atoms with Crippen LogP contribution in [0.3, 0.4) is 0 Å². The van der Waals surface area contributed by atoms with Gasteiger partial charge in [0.1, 0.15) is 5.60 Å². The number of carbonyl (C=O) groups is 2. The van der Waals surface area contributed by atoms with Gasteiger partial charge in [0.05, 0.1) is 27.3 Å². The number of fused-ring (bicyclic) bond motifs is 1. The topological polar surface area (TPSA) is 108 Å². The Morgan fingerprint density at radius 1 is 0.929 bits per heavy atom. The lowest BCUT2D eigenvalue weighted by Gasteiger charge is -2.26. The molecule has 1 saturated heterocycles. The molecule has 1 aliphatic rings. The Hall–Kier alpha value is -4.02. The third kappa shape index (κ3) is 7.83. The predicted molar refractivity (Wildman–Crippen MR) is 171 cm³/mol. The Morgan fingerprint density at radius 3 is 2.36 bits per heavy atom. The van der Waals surface area contributed by atoms with Crippen molar-refractivity contribution in [3.8, 4) is 11.3 Å². The van der Waals surface area contributed by atoms with Crippen molar-refractivity contribution in [2.24, 2.45) is 0 Å². The first-order valence-electron chi connectivity index (χ1n) is 14.5. The number of aromatic nitrogens is 2. The van der Waals surface area contributed by atoms with Crippen LogP contribution in [0.2, 0.25) is 0 Å². The summed E-state index contributed by atoms with van der Waals surface area (Å²) >= 11 is 1.60. The summed E-state index contributed by atoms with van der Waals surface area (Å²) in [6, 6.07) is 16.4. The minimum absolute atomic E-state index is 0.292. The van der Waals surface area contributed by atoms with Crippen molar-refractivity contribution in [1.82, 2.24) is 14.9 Å². The molecule has 5 rings (SSSR count). The molecule has 1 fully saturated rings. The maximum absolute atomic E-state index is 13.1. The molecule has 0 spiro atoms. The first kappa shape index (κ1) is 29.5. The van der Waals surface area contributed by atoms with Crippen molar-refractivity contribution in [3.63, 3.8) is 0 Å². The van der Waals surface area contributed by atoms with Crippen molar-refractivity contribution in [3.05, 3.63) is 65.5 Å². The maximum atomic E-state index is 13.1. The molecule has 42 heavy (non-hydrogen) atoms. The van der Waals surface area contributed by atoms with E-state index in [1.807, 2.05) is 23.6 Å². The standard InChI is InChI=1S/C32H38N6O3S/c1-32(2,3)41-31(40)36-25-11-6-5-10-24(25)34-29(39)23-14-12-22(13-15-23)27-28-26(16-21-42-28)35-30(37-27)33-17-9-20-38-18-7-4-8-19-38/h5-6,10-16,21H,4,7-9,17-20H2,1-3H3,(H,34,39)(H,36,40)(H,33,35,37). The number of carbonyl (C=O) groups excluding carboxylic acids is 2. The summed E-state index contributed by atoms with van der Waals surface area (Å²) < 4.78 is 6.36. The Morgan fingerprint density at radius 2 is 1.64 bits per heavy atom. The molecule has 1 aliphatic heterocycles. The smallest absolute Gasteiger partial charge is 0.412 e. The SMILES string of the molecule is CC(C)(C)OC(=O)Nc1ccccc1NC(=O)c1ccc(-c2nc(NCCCN3CCCCC3)nc3ccsc23)cc1. The molecule has 2 aromatic heterocycles. The van der Waals surface area contributed by atoms with Gasteiger partial charge in [-0.2, -0.15) is 0 Å². The summed E-state index contributed by atoms with van der Waals surface area (Å²) in [5.74, 6) is 0.325. The van der Waals surface area contributed by atoms with Gasteiger partial charge in [0, 0.05) is 17.7 Å². The first-order chi connectivity index (χ1) is 20.2. The van der Waals surface area contributed by atoms with E-state index in [0.717, 1.165) is 41.0 Å². The molecule has 0 atom stereocenters. The first-order valence-corrected chi connectivity index (χ1v) is 15.4. The summed E-state index contributed by atoms with van der Waals surface area (Å²) in [6.45, 7) is 9.69. The lowest BCUT2D eigenvalue weighted by Crippen LogP contribution is -2.31. The second-order valence-electron chi connectivity index (χ2n) is 11.4. The molecule has 0 bridgehead atoms. The highest BCUT2D eigenvalue weighted by Crippen LogP contribution is 2.32. The van der Waals surface area contributed by atoms with Gasteiger partial charge in [0.25, 0.3) is 5.91 Å². The minimum atomic E-state index is -0.633. The van der Waals surface area contributed by atoms with Gasteiger partial charge in [-0.3, -0.25) is 10.1 Å². The fourth-order valence-corrected chi connectivity index (χ4v) is 5.76. The molecule has 9 nitrogen and oxygen atoms in total. The second kappa shape index (κ2) is 13.3. The number of nitrogens with zero attached hydrogens (tertiary/aromatic N) is 3. The predicted octanol–water partition coefficient (Wildman–Crippen LogP) is 7.25. The van der Waals surface area contributed by atoms with Gasteiger partial charge in [0.15, 0.2) is 0 Å². The van der Waals surface area contributed by atoms with Crippen LogP contribution in [0.25, 0.3) is 21.5 Å². The van der Waals surface area contributed by atoms with E-state index in [1.165, 1.54) is 32.4 Å². The zero-order valence-electron chi connectivity index (χ0n) is 24.4. The summed E-state index contributed by atoms with van der Waals surface area (Å²) in [5, 5.41) is 11.0. The van der Waals surface area contributed by atoms with E-state index in [9.17, 15) is 9.59 Å². The monoisotopic (exact) mass is 586 g/mol. The van der Waals surface area contributed by atoms with Crippen LogP contribution in [0.5, 0.6) is 0 Å². The van der Waals surface area contributed by atoms with E-state index in [1.54, 1.807) is 68.5 Å². The van der Waals surface area contributed by atoms with E-state index in [2.05, 4.69) is 20.9 Å². The van der Waals surface area contributed by atoms with Gasteiger partial charge in [0.2, 0.25) is 5.95 Å².